The standard InChI is InChI=1S/C24H20N6O2/c1-16-9-21(5-7-25-16)30-23-15-26-20(11-19(23)14-28-30)12-24(31)27-13-17-3-2-4-18(10-17)22-6-8-32-29-22/h2-11,14-15H,12-13H2,1H3,(H,27,31). The van der Waals surface area contributed by atoms with E-state index in [0.717, 1.165) is 39.1 Å². The van der Waals surface area contributed by atoms with Crippen LogP contribution in [-0.2, 0) is 17.8 Å². The monoisotopic (exact) mass is 424 g/mol. The summed E-state index contributed by atoms with van der Waals surface area (Å²) in [4.78, 5) is 21.2. The molecule has 0 bridgehead atoms. The molecule has 0 aliphatic rings. The van der Waals surface area contributed by atoms with E-state index < -0.39 is 0 Å². The average Bonchev–Trinajstić information content (AvgIpc) is 3.48. The second-order valence-electron chi connectivity index (χ2n) is 7.48. The van der Waals surface area contributed by atoms with Crippen LogP contribution >= 0.6 is 0 Å². The molecule has 0 saturated heterocycles. The Hall–Kier alpha value is -4.33. The Morgan fingerprint density at radius 1 is 1.09 bits per heavy atom. The van der Waals surface area contributed by atoms with Gasteiger partial charge in [-0.3, -0.25) is 14.8 Å². The van der Waals surface area contributed by atoms with E-state index in [2.05, 4.69) is 25.5 Å². The lowest BCUT2D eigenvalue weighted by atomic mass is 10.1. The van der Waals surface area contributed by atoms with Gasteiger partial charge < -0.3 is 9.84 Å². The van der Waals surface area contributed by atoms with E-state index in [1.54, 1.807) is 24.7 Å². The van der Waals surface area contributed by atoms with Crippen molar-refractivity contribution in [2.45, 2.75) is 19.9 Å². The molecule has 0 atom stereocenters. The summed E-state index contributed by atoms with van der Waals surface area (Å²) < 4.78 is 6.72. The van der Waals surface area contributed by atoms with Gasteiger partial charge in [-0.15, -0.1) is 0 Å². The minimum Gasteiger partial charge on any atom is -0.364 e. The molecule has 0 spiro atoms. The average molecular weight is 424 g/mol. The highest BCUT2D eigenvalue weighted by atomic mass is 16.5. The Bertz CT molecular complexity index is 1390. The minimum atomic E-state index is -0.0964. The van der Waals surface area contributed by atoms with E-state index in [1.165, 1.54) is 6.26 Å². The zero-order chi connectivity index (χ0) is 21.9. The number of amides is 1. The zero-order valence-corrected chi connectivity index (χ0v) is 17.4. The number of hydrogen-bond donors (Lipinski definition) is 1. The van der Waals surface area contributed by atoms with Gasteiger partial charge >= 0.3 is 0 Å². The fourth-order valence-electron chi connectivity index (χ4n) is 3.57. The molecule has 0 unspecified atom stereocenters. The second kappa shape index (κ2) is 8.43. The molecule has 158 valence electrons. The fourth-order valence-corrected chi connectivity index (χ4v) is 3.57. The van der Waals surface area contributed by atoms with E-state index in [1.807, 2.05) is 54.1 Å². The van der Waals surface area contributed by atoms with Gasteiger partial charge in [0.05, 0.1) is 35.7 Å². The lowest BCUT2D eigenvalue weighted by Crippen LogP contribution is -2.24. The molecule has 32 heavy (non-hydrogen) atoms. The number of hydrogen-bond acceptors (Lipinski definition) is 6. The van der Waals surface area contributed by atoms with E-state index in [0.29, 0.717) is 12.2 Å². The third-order valence-corrected chi connectivity index (χ3v) is 5.13. The van der Waals surface area contributed by atoms with Crippen LogP contribution in [0.4, 0.5) is 0 Å². The van der Waals surface area contributed by atoms with Crippen molar-refractivity contribution in [3.8, 4) is 16.9 Å². The van der Waals surface area contributed by atoms with Gasteiger partial charge in [-0.2, -0.15) is 5.10 Å². The largest absolute Gasteiger partial charge is 0.364 e. The lowest BCUT2D eigenvalue weighted by Gasteiger charge is -2.07. The summed E-state index contributed by atoms with van der Waals surface area (Å²) >= 11 is 0. The molecule has 4 heterocycles. The smallest absolute Gasteiger partial charge is 0.226 e. The number of aryl methyl sites for hydroxylation is 1. The SMILES string of the molecule is Cc1cc(-n2ncc3cc(CC(=O)NCc4cccc(-c5ccon5)c4)ncc32)ccn1. The molecule has 0 fully saturated rings. The van der Waals surface area contributed by atoms with E-state index >= 15 is 0 Å². The maximum absolute atomic E-state index is 12.5. The van der Waals surface area contributed by atoms with E-state index in [9.17, 15) is 4.79 Å². The number of nitrogens with zero attached hydrogens (tertiary/aromatic N) is 5. The van der Waals surface area contributed by atoms with Crippen LogP contribution in [0.1, 0.15) is 17.0 Å². The third-order valence-electron chi connectivity index (χ3n) is 5.13. The van der Waals surface area contributed by atoms with Gasteiger partial charge in [0.15, 0.2) is 0 Å². The zero-order valence-electron chi connectivity index (χ0n) is 17.4. The van der Waals surface area contributed by atoms with Crippen LogP contribution in [0, 0.1) is 6.92 Å². The summed E-state index contributed by atoms with van der Waals surface area (Å²) in [6.07, 6.45) is 7.02. The van der Waals surface area contributed by atoms with Crippen molar-refractivity contribution in [1.82, 2.24) is 30.2 Å². The molecule has 8 heteroatoms. The molecular weight excluding hydrogens is 404 g/mol. The first-order valence-electron chi connectivity index (χ1n) is 10.2. The van der Waals surface area contributed by atoms with E-state index in [4.69, 9.17) is 4.52 Å². The van der Waals surface area contributed by atoms with Crippen LogP contribution in [-0.4, -0.2) is 30.8 Å². The first-order chi connectivity index (χ1) is 15.7. The number of carbonyl (C=O) groups excluding carboxylic acids is 1. The predicted molar refractivity (Wildman–Crippen MR) is 119 cm³/mol. The van der Waals surface area contributed by atoms with Crippen LogP contribution in [0.25, 0.3) is 27.8 Å². The van der Waals surface area contributed by atoms with Crippen molar-refractivity contribution in [2.24, 2.45) is 0 Å². The van der Waals surface area contributed by atoms with Crippen molar-refractivity contribution in [1.29, 1.82) is 0 Å². The highest BCUT2D eigenvalue weighted by molar-refractivity contribution is 5.82. The summed E-state index contributed by atoms with van der Waals surface area (Å²) in [5.41, 5.74) is 6.10. The van der Waals surface area contributed by atoms with Gasteiger partial charge in [0, 0.05) is 35.5 Å². The third kappa shape index (κ3) is 4.11. The number of fused-ring (bicyclic) bond motifs is 1. The van der Waals surface area contributed by atoms with Crippen molar-refractivity contribution in [3.63, 3.8) is 0 Å². The van der Waals surface area contributed by atoms with Crippen LogP contribution < -0.4 is 5.32 Å². The molecule has 0 saturated carbocycles. The summed E-state index contributed by atoms with van der Waals surface area (Å²) in [5.74, 6) is -0.0964. The first-order valence-corrected chi connectivity index (χ1v) is 10.2. The molecule has 8 nitrogen and oxygen atoms in total. The summed E-state index contributed by atoms with van der Waals surface area (Å²) in [6.45, 7) is 2.36. The van der Waals surface area contributed by atoms with E-state index in [-0.39, 0.29) is 12.3 Å². The first kappa shape index (κ1) is 19.6. The number of rotatable bonds is 6. The summed E-state index contributed by atoms with van der Waals surface area (Å²) in [7, 11) is 0. The van der Waals surface area contributed by atoms with Gasteiger partial charge in [0.1, 0.15) is 12.0 Å². The molecule has 1 amide bonds. The van der Waals surface area contributed by atoms with Gasteiger partial charge in [0.25, 0.3) is 0 Å². The van der Waals surface area contributed by atoms with Crippen LogP contribution in [0.3, 0.4) is 0 Å². The Morgan fingerprint density at radius 3 is 2.88 bits per heavy atom. The molecule has 1 aromatic carbocycles. The van der Waals surface area contributed by atoms with Crippen LogP contribution in [0.15, 0.2) is 77.9 Å². The van der Waals surface area contributed by atoms with Crippen molar-refractivity contribution in [2.75, 3.05) is 0 Å². The van der Waals surface area contributed by atoms with Crippen LogP contribution in [0.2, 0.25) is 0 Å². The Balaban J connectivity index is 1.26. The normalized spacial score (nSPS) is 11.0. The summed E-state index contributed by atoms with van der Waals surface area (Å²) in [5, 5.41) is 12.3. The molecule has 5 rings (SSSR count). The molecule has 4 aromatic heterocycles. The van der Waals surface area contributed by atoms with Gasteiger partial charge in [-0.05, 0) is 36.8 Å². The quantitative estimate of drug-likeness (QED) is 0.447. The Labute approximate surface area is 183 Å². The molecule has 0 aliphatic carbocycles. The highest BCUT2D eigenvalue weighted by Gasteiger charge is 2.10. The maximum atomic E-state index is 12.5. The maximum Gasteiger partial charge on any atom is 0.226 e. The second-order valence-corrected chi connectivity index (χ2v) is 7.48. The molecular formula is C24H20N6O2. The highest BCUT2D eigenvalue weighted by Crippen LogP contribution is 2.20. The molecule has 0 radical (unpaired) electrons. The van der Waals surface area contributed by atoms with Crippen molar-refractivity contribution >= 4 is 16.8 Å². The number of nitrogens with one attached hydrogen (secondary N) is 1. The predicted octanol–water partition coefficient (Wildman–Crippen LogP) is 3.64. The Morgan fingerprint density at radius 2 is 2.03 bits per heavy atom. The van der Waals surface area contributed by atoms with Crippen molar-refractivity contribution < 1.29 is 9.32 Å². The van der Waals surface area contributed by atoms with Crippen LogP contribution in [0.5, 0.6) is 0 Å². The van der Waals surface area contributed by atoms with Gasteiger partial charge in [0.2, 0.25) is 5.91 Å². The number of aromatic nitrogens is 5. The van der Waals surface area contributed by atoms with Crippen molar-refractivity contribution in [3.05, 3.63) is 90.3 Å². The molecule has 0 aliphatic heterocycles. The fraction of sp³-hybridized carbons (Fsp3) is 0.125. The van der Waals surface area contributed by atoms with Gasteiger partial charge in [-0.25, -0.2) is 4.68 Å². The van der Waals surface area contributed by atoms with Gasteiger partial charge in [-0.1, -0.05) is 23.4 Å². The topological polar surface area (TPSA) is 98.7 Å². The minimum absolute atomic E-state index is 0.0964. The summed E-state index contributed by atoms with van der Waals surface area (Å²) in [6, 6.07) is 15.4. The number of pyridine rings is 2. The lowest BCUT2D eigenvalue weighted by molar-refractivity contribution is -0.120. The molecule has 1 N–H and O–H groups in total. The number of benzene rings is 1. The Kier molecular flexibility index (Phi) is 5.17. The molecule has 5 aromatic rings. The number of carbonyl (C=O) groups is 1.